The van der Waals surface area contributed by atoms with Crippen LogP contribution in [-0.4, -0.2) is 16.4 Å². The summed E-state index contributed by atoms with van der Waals surface area (Å²) < 4.78 is 0. The number of amides is 1. The molecule has 4 heteroatoms. The Balaban J connectivity index is 2.10. The molecule has 0 radical (unpaired) electrons. The normalized spacial score (nSPS) is 14.1. The number of aromatic amines is 1. The summed E-state index contributed by atoms with van der Waals surface area (Å²) in [6.45, 7) is 8.50. The van der Waals surface area contributed by atoms with Gasteiger partial charge in [-0.05, 0) is 50.5 Å². The first-order valence-electron chi connectivity index (χ1n) is 7.50. The SMILES string of the molecule is CCCC(C)(N)C(=O)NCc1ccc2[nH]c(C)c(C)c2c1. The largest absolute Gasteiger partial charge is 0.358 e. The van der Waals surface area contributed by atoms with E-state index in [9.17, 15) is 4.79 Å². The Labute approximate surface area is 126 Å². The lowest BCUT2D eigenvalue weighted by Crippen LogP contribution is -2.51. The van der Waals surface area contributed by atoms with Crippen LogP contribution in [0.3, 0.4) is 0 Å². The molecule has 0 saturated heterocycles. The van der Waals surface area contributed by atoms with Crippen LogP contribution in [0.25, 0.3) is 10.9 Å². The number of aromatic nitrogens is 1. The number of benzene rings is 1. The monoisotopic (exact) mass is 287 g/mol. The van der Waals surface area contributed by atoms with Gasteiger partial charge in [-0.2, -0.15) is 0 Å². The maximum atomic E-state index is 12.1. The minimum Gasteiger partial charge on any atom is -0.358 e. The fourth-order valence-corrected chi connectivity index (χ4v) is 2.64. The van der Waals surface area contributed by atoms with E-state index in [1.54, 1.807) is 6.92 Å². The van der Waals surface area contributed by atoms with Gasteiger partial charge >= 0.3 is 0 Å². The summed E-state index contributed by atoms with van der Waals surface area (Å²) in [5.74, 6) is -0.0913. The summed E-state index contributed by atoms with van der Waals surface area (Å²) in [4.78, 5) is 15.5. The first-order chi connectivity index (χ1) is 9.85. The number of carbonyl (C=O) groups excluding carboxylic acids is 1. The van der Waals surface area contributed by atoms with Gasteiger partial charge in [-0.1, -0.05) is 19.4 Å². The molecule has 0 fully saturated rings. The number of hydrogen-bond acceptors (Lipinski definition) is 2. The van der Waals surface area contributed by atoms with Crippen molar-refractivity contribution in [2.75, 3.05) is 0 Å². The molecule has 4 N–H and O–H groups in total. The molecule has 1 aromatic carbocycles. The molecule has 0 saturated carbocycles. The number of fused-ring (bicyclic) bond motifs is 1. The van der Waals surface area contributed by atoms with Crippen LogP contribution in [0.2, 0.25) is 0 Å². The van der Waals surface area contributed by atoms with Crippen LogP contribution in [0.15, 0.2) is 18.2 Å². The van der Waals surface area contributed by atoms with Gasteiger partial charge < -0.3 is 16.0 Å². The molecule has 1 heterocycles. The van der Waals surface area contributed by atoms with E-state index in [1.165, 1.54) is 16.6 Å². The molecule has 1 atom stereocenters. The fraction of sp³-hybridized carbons (Fsp3) is 0.471. The summed E-state index contributed by atoms with van der Waals surface area (Å²) in [5, 5.41) is 4.15. The maximum absolute atomic E-state index is 12.1. The molecule has 0 bridgehead atoms. The van der Waals surface area contributed by atoms with Crippen molar-refractivity contribution in [2.24, 2.45) is 5.73 Å². The van der Waals surface area contributed by atoms with Crippen molar-refractivity contribution in [3.8, 4) is 0 Å². The third-order valence-corrected chi connectivity index (χ3v) is 4.11. The highest BCUT2D eigenvalue weighted by atomic mass is 16.2. The van der Waals surface area contributed by atoms with E-state index in [0.29, 0.717) is 13.0 Å². The van der Waals surface area contributed by atoms with Crippen molar-refractivity contribution in [3.05, 3.63) is 35.0 Å². The Morgan fingerprint density at radius 2 is 2.10 bits per heavy atom. The number of H-pyrrole nitrogens is 1. The van der Waals surface area contributed by atoms with Crippen molar-refractivity contribution < 1.29 is 4.79 Å². The van der Waals surface area contributed by atoms with Gasteiger partial charge in [0, 0.05) is 23.1 Å². The second kappa shape index (κ2) is 5.90. The average Bonchev–Trinajstić information content (AvgIpc) is 2.71. The maximum Gasteiger partial charge on any atom is 0.240 e. The predicted octanol–water partition coefficient (Wildman–Crippen LogP) is 2.92. The van der Waals surface area contributed by atoms with E-state index in [0.717, 1.165) is 17.5 Å². The molecule has 0 aliphatic heterocycles. The molecule has 1 aromatic heterocycles. The van der Waals surface area contributed by atoms with Crippen molar-refractivity contribution in [3.63, 3.8) is 0 Å². The third kappa shape index (κ3) is 3.27. The number of hydrogen-bond donors (Lipinski definition) is 3. The van der Waals surface area contributed by atoms with Crippen molar-refractivity contribution in [2.45, 2.75) is 52.6 Å². The van der Waals surface area contributed by atoms with Crippen LogP contribution in [0.4, 0.5) is 0 Å². The van der Waals surface area contributed by atoms with Gasteiger partial charge in [0.05, 0.1) is 5.54 Å². The zero-order valence-corrected chi connectivity index (χ0v) is 13.3. The van der Waals surface area contributed by atoms with Gasteiger partial charge in [0.1, 0.15) is 0 Å². The first-order valence-corrected chi connectivity index (χ1v) is 7.50. The third-order valence-electron chi connectivity index (χ3n) is 4.11. The molecule has 1 amide bonds. The topological polar surface area (TPSA) is 70.9 Å². The van der Waals surface area contributed by atoms with Crippen LogP contribution < -0.4 is 11.1 Å². The molecule has 4 nitrogen and oxygen atoms in total. The Bertz CT molecular complexity index is 655. The lowest BCUT2D eigenvalue weighted by molar-refractivity contribution is -0.126. The lowest BCUT2D eigenvalue weighted by atomic mass is 9.96. The predicted molar refractivity (Wildman–Crippen MR) is 87.1 cm³/mol. The highest BCUT2D eigenvalue weighted by Crippen LogP contribution is 2.22. The minimum absolute atomic E-state index is 0.0913. The first kappa shape index (κ1) is 15.6. The Hall–Kier alpha value is -1.81. The standard InChI is InChI=1S/C17H25N3O/c1-5-8-17(4,18)16(21)19-10-13-6-7-15-14(9-13)11(2)12(3)20-15/h6-7,9,20H,5,8,10,18H2,1-4H3,(H,19,21). The minimum atomic E-state index is -0.792. The van der Waals surface area contributed by atoms with Gasteiger partial charge in [-0.25, -0.2) is 0 Å². The zero-order chi connectivity index (χ0) is 15.6. The van der Waals surface area contributed by atoms with Crippen molar-refractivity contribution >= 4 is 16.8 Å². The molecule has 1 unspecified atom stereocenters. The Morgan fingerprint density at radius 1 is 1.38 bits per heavy atom. The van der Waals surface area contributed by atoms with E-state index < -0.39 is 5.54 Å². The van der Waals surface area contributed by atoms with E-state index in [-0.39, 0.29) is 5.91 Å². The zero-order valence-electron chi connectivity index (χ0n) is 13.3. The van der Waals surface area contributed by atoms with Crippen molar-refractivity contribution in [1.82, 2.24) is 10.3 Å². The summed E-state index contributed by atoms with van der Waals surface area (Å²) in [6, 6.07) is 6.22. The summed E-state index contributed by atoms with van der Waals surface area (Å²) >= 11 is 0. The Morgan fingerprint density at radius 3 is 2.76 bits per heavy atom. The number of nitrogens with two attached hydrogens (primary N) is 1. The van der Waals surface area contributed by atoms with Crippen LogP contribution >= 0.6 is 0 Å². The molecule has 114 valence electrons. The number of nitrogens with one attached hydrogen (secondary N) is 2. The summed E-state index contributed by atoms with van der Waals surface area (Å²) in [6.07, 6.45) is 1.59. The molecule has 0 spiro atoms. The molecular formula is C17H25N3O. The van der Waals surface area contributed by atoms with E-state index in [1.807, 2.05) is 13.0 Å². The molecular weight excluding hydrogens is 262 g/mol. The smallest absolute Gasteiger partial charge is 0.240 e. The second-order valence-corrected chi connectivity index (χ2v) is 6.11. The summed E-state index contributed by atoms with van der Waals surface area (Å²) in [5.41, 5.74) is 9.91. The van der Waals surface area contributed by atoms with Gasteiger partial charge in [0.2, 0.25) is 5.91 Å². The van der Waals surface area contributed by atoms with Gasteiger partial charge in [0.15, 0.2) is 0 Å². The van der Waals surface area contributed by atoms with E-state index in [2.05, 4.69) is 36.3 Å². The van der Waals surface area contributed by atoms with Gasteiger partial charge in [-0.3, -0.25) is 4.79 Å². The molecule has 2 aromatic rings. The number of aryl methyl sites for hydroxylation is 2. The highest BCUT2D eigenvalue weighted by molar-refractivity contribution is 5.86. The fourth-order valence-electron chi connectivity index (χ4n) is 2.64. The lowest BCUT2D eigenvalue weighted by Gasteiger charge is -2.22. The molecule has 0 aliphatic rings. The van der Waals surface area contributed by atoms with Gasteiger partial charge in [-0.15, -0.1) is 0 Å². The van der Waals surface area contributed by atoms with Crippen LogP contribution in [0, 0.1) is 13.8 Å². The second-order valence-electron chi connectivity index (χ2n) is 6.11. The van der Waals surface area contributed by atoms with Gasteiger partial charge in [0.25, 0.3) is 0 Å². The van der Waals surface area contributed by atoms with Crippen LogP contribution in [-0.2, 0) is 11.3 Å². The van der Waals surface area contributed by atoms with Crippen LogP contribution in [0.1, 0.15) is 43.5 Å². The quantitative estimate of drug-likeness (QED) is 0.791. The average molecular weight is 287 g/mol. The molecule has 0 aliphatic carbocycles. The van der Waals surface area contributed by atoms with Crippen LogP contribution in [0.5, 0.6) is 0 Å². The Kier molecular flexibility index (Phi) is 4.37. The van der Waals surface area contributed by atoms with Crippen molar-refractivity contribution in [1.29, 1.82) is 0 Å². The van der Waals surface area contributed by atoms with E-state index in [4.69, 9.17) is 5.73 Å². The summed E-state index contributed by atoms with van der Waals surface area (Å²) in [7, 11) is 0. The highest BCUT2D eigenvalue weighted by Gasteiger charge is 2.26. The van der Waals surface area contributed by atoms with E-state index >= 15 is 0 Å². The number of carbonyl (C=O) groups is 1. The molecule has 21 heavy (non-hydrogen) atoms. The number of rotatable bonds is 5. The molecule has 2 rings (SSSR count).